The van der Waals surface area contributed by atoms with Crippen LogP contribution in [0.2, 0.25) is 0 Å². The van der Waals surface area contributed by atoms with Gasteiger partial charge in [-0.2, -0.15) is 4.98 Å². The third-order valence-corrected chi connectivity index (χ3v) is 3.94. The largest absolute Gasteiger partial charge is 0.493 e. The summed E-state index contributed by atoms with van der Waals surface area (Å²) < 4.78 is 16.2. The van der Waals surface area contributed by atoms with E-state index in [0.717, 1.165) is 36.7 Å². The maximum absolute atomic E-state index is 5.76. The number of oxazole rings is 1. The van der Waals surface area contributed by atoms with Crippen LogP contribution in [-0.2, 0) is 18.8 Å². The van der Waals surface area contributed by atoms with E-state index in [1.165, 1.54) is 11.1 Å². The van der Waals surface area contributed by atoms with Crippen molar-refractivity contribution in [1.82, 2.24) is 4.98 Å². The number of halogens is 1. The SMILES string of the molecule is COc1cc2c(cc1OC)CN(c1nc(CCl)co1)CC2. The Balaban J connectivity index is 1.87. The van der Waals surface area contributed by atoms with Crippen molar-refractivity contribution >= 4 is 17.6 Å². The van der Waals surface area contributed by atoms with Gasteiger partial charge >= 0.3 is 0 Å². The van der Waals surface area contributed by atoms with Crippen LogP contribution in [0.25, 0.3) is 0 Å². The van der Waals surface area contributed by atoms with Gasteiger partial charge in [-0.3, -0.25) is 0 Å². The van der Waals surface area contributed by atoms with Crippen molar-refractivity contribution in [2.75, 3.05) is 25.7 Å². The Kier molecular flexibility index (Phi) is 3.92. The van der Waals surface area contributed by atoms with E-state index in [1.807, 2.05) is 12.1 Å². The molecule has 0 saturated carbocycles. The highest BCUT2D eigenvalue weighted by Crippen LogP contribution is 2.34. The van der Waals surface area contributed by atoms with Gasteiger partial charge in [-0.25, -0.2) is 0 Å². The van der Waals surface area contributed by atoms with Crippen LogP contribution >= 0.6 is 11.6 Å². The Bertz CT molecular complexity index is 642. The quantitative estimate of drug-likeness (QED) is 0.813. The summed E-state index contributed by atoms with van der Waals surface area (Å²) in [6, 6.07) is 4.68. The molecule has 0 saturated heterocycles. The number of alkyl halides is 1. The van der Waals surface area contributed by atoms with Crippen LogP contribution in [0.5, 0.6) is 11.5 Å². The average molecular weight is 309 g/mol. The molecule has 1 aliphatic rings. The standard InChI is InChI=1S/C15H17ClN2O3/c1-19-13-5-10-3-4-18(8-11(10)6-14(13)20-2)15-17-12(7-16)9-21-15/h5-6,9H,3-4,7-8H2,1-2H3. The number of aromatic nitrogens is 1. The highest BCUT2D eigenvalue weighted by Gasteiger charge is 2.22. The van der Waals surface area contributed by atoms with Crippen LogP contribution in [0.4, 0.5) is 6.01 Å². The predicted molar refractivity (Wildman–Crippen MR) is 80.4 cm³/mol. The number of anilines is 1. The van der Waals surface area contributed by atoms with Gasteiger partial charge in [-0.15, -0.1) is 11.6 Å². The highest BCUT2D eigenvalue weighted by molar-refractivity contribution is 6.16. The summed E-state index contributed by atoms with van der Waals surface area (Å²) in [5.74, 6) is 1.87. The van der Waals surface area contributed by atoms with Crippen LogP contribution < -0.4 is 14.4 Å². The topological polar surface area (TPSA) is 47.7 Å². The summed E-state index contributed by atoms with van der Waals surface area (Å²) in [6.45, 7) is 1.59. The molecule has 0 atom stereocenters. The molecule has 0 spiro atoms. The molecule has 1 aliphatic heterocycles. The van der Waals surface area contributed by atoms with Crippen molar-refractivity contribution in [2.24, 2.45) is 0 Å². The fourth-order valence-electron chi connectivity index (χ4n) is 2.55. The number of fused-ring (bicyclic) bond motifs is 1. The molecule has 6 heteroatoms. The third kappa shape index (κ3) is 2.65. The number of benzene rings is 1. The lowest BCUT2D eigenvalue weighted by Crippen LogP contribution is -2.30. The van der Waals surface area contributed by atoms with Crippen molar-refractivity contribution in [3.8, 4) is 11.5 Å². The molecule has 0 bridgehead atoms. The van der Waals surface area contributed by atoms with Crippen molar-refractivity contribution in [2.45, 2.75) is 18.8 Å². The molecule has 112 valence electrons. The third-order valence-electron chi connectivity index (χ3n) is 3.67. The lowest BCUT2D eigenvalue weighted by Gasteiger charge is -2.28. The van der Waals surface area contributed by atoms with E-state index in [1.54, 1.807) is 20.5 Å². The number of hydrogen-bond donors (Lipinski definition) is 0. The summed E-state index contributed by atoms with van der Waals surface area (Å²) in [7, 11) is 3.30. The summed E-state index contributed by atoms with van der Waals surface area (Å²) in [4.78, 5) is 6.47. The number of hydrogen-bond acceptors (Lipinski definition) is 5. The molecule has 0 aliphatic carbocycles. The Morgan fingerprint density at radius 3 is 2.57 bits per heavy atom. The molecule has 0 fully saturated rings. The maximum atomic E-state index is 5.76. The number of ether oxygens (including phenoxy) is 2. The Morgan fingerprint density at radius 1 is 1.24 bits per heavy atom. The molecule has 0 N–H and O–H groups in total. The monoisotopic (exact) mass is 308 g/mol. The average Bonchev–Trinajstić information content (AvgIpc) is 3.02. The molecule has 3 rings (SSSR count). The molecule has 21 heavy (non-hydrogen) atoms. The molecule has 2 heterocycles. The first-order chi connectivity index (χ1) is 10.2. The molecule has 1 aromatic heterocycles. The van der Waals surface area contributed by atoms with Crippen LogP contribution in [0.15, 0.2) is 22.8 Å². The minimum Gasteiger partial charge on any atom is -0.493 e. The first kappa shape index (κ1) is 14.1. The second kappa shape index (κ2) is 5.85. The number of methoxy groups -OCH3 is 2. The summed E-state index contributed by atoms with van der Waals surface area (Å²) in [6.07, 6.45) is 2.51. The second-order valence-electron chi connectivity index (χ2n) is 4.90. The maximum Gasteiger partial charge on any atom is 0.297 e. The van der Waals surface area contributed by atoms with Crippen molar-refractivity contribution in [1.29, 1.82) is 0 Å². The van der Waals surface area contributed by atoms with Crippen LogP contribution in [0.3, 0.4) is 0 Å². The summed E-state index contributed by atoms with van der Waals surface area (Å²) >= 11 is 5.76. The zero-order valence-electron chi connectivity index (χ0n) is 12.1. The predicted octanol–water partition coefficient (Wildman–Crippen LogP) is 2.99. The van der Waals surface area contributed by atoms with Crippen molar-refractivity contribution < 1.29 is 13.9 Å². The minimum absolute atomic E-state index is 0.360. The smallest absolute Gasteiger partial charge is 0.297 e. The van der Waals surface area contributed by atoms with E-state index in [2.05, 4.69) is 9.88 Å². The van der Waals surface area contributed by atoms with Crippen LogP contribution in [-0.4, -0.2) is 25.7 Å². The van der Waals surface area contributed by atoms with Gasteiger partial charge in [0.1, 0.15) is 6.26 Å². The van der Waals surface area contributed by atoms with E-state index < -0.39 is 0 Å². The molecule has 0 amide bonds. The lowest BCUT2D eigenvalue weighted by atomic mass is 9.99. The fourth-order valence-corrected chi connectivity index (χ4v) is 2.67. The second-order valence-corrected chi connectivity index (χ2v) is 5.17. The molecule has 0 radical (unpaired) electrons. The van der Waals surface area contributed by atoms with Crippen LogP contribution in [0.1, 0.15) is 16.8 Å². The first-order valence-corrected chi connectivity index (χ1v) is 7.27. The Hall–Kier alpha value is -1.88. The van der Waals surface area contributed by atoms with Gasteiger partial charge in [0.15, 0.2) is 11.5 Å². The molecular weight excluding hydrogens is 292 g/mol. The van der Waals surface area contributed by atoms with Gasteiger partial charge in [0.25, 0.3) is 6.01 Å². The normalized spacial score (nSPS) is 14.0. The zero-order chi connectivity index (χ0) is 14.8. The molecule has 5 nitrogen and oxygen atoms in total. The molecule has 0 unspecified atom stereocenters. The van der Waals surface area contributed by atoms with Gasteiger partial charge in [0, 0.05) is 13.1 Å². The molecular formula is C15H17ClN2O3. The zero-order valence-corrected chi connectivity index (χ0v) is 12.8. The number of rotatable bonds is 4. The van der Waals surface area contributed by atoms with Gasteiger partial charge < -0.3 is 18.8 Å². The molecule has 2 aromatic rings. The van der Waals surface area contributed by atoms with E-state index in [0.29, 0.717) is 11.9 Å². The Morgan fingerprint density at radius 2 is 1.95 bits per heavy atom. The van der Waals surface area contributed by atoms with Gasteiger partial charge in [-0.1, -0.05) is 0 Å². The van der Waals surface area contributed by atoms with Gasteiger partial charge in [-0.05, 0) is 29.7 Å². The molecule has 1 aromatic carbocycles. The van der Waals surface area contributed by atoms with E-state index >= 15 is 0 Å². The number of nitrogens with zero attached hydrogens (tertiary/aromatic N) is 2. The minimum atomic E-state index is 0.360. The Labute approximate surface area is 128 Å². The van der Waals surface area contributed by atoms with Crippen molar-refractivity contribution in [3.63, 3.8) is 0 Å². The summed E-state index contributed by atoms with van der Waals surface area (Å²) in [5, 5.41) is 0. The highest BCUT2D eigenvalue weighted by atomic mass is 35.5. The fraction of sp³-hybridized carbons (Fsp3) is 0.400. The summed E-state index contributed by atoms with van der Waals surface area (Å²) in [5.41, 5.74) is 3.22. The lowest BCUT2D eigenvalue weighted by molar-refractivity contribution is 0.353. The van der Waals surface area contributed by atoms with Crippen LogP contribution in [0, 0.1) is 0 Å². The van der Waals surface area contributed by atoms with Gasteiger partial charge in [0.2, 0.25) is 0 Å². The van der Waals surface area contributed by atoms with Crippen molar-refractivity contribution in [3.05, 3.63) is 35.2 Å². The van der Waals surface area contributed by atoms with E-state index in [4.69, 9.17) is 25.5 Å². The first-order valence-electron chi connectivity index (χ1n) is 6.74. The van der Waals surface area contributed by atoms with E-state index in [9.17, 15) is 0 Å². The van der Waals surface area contributed by atoms with E-state index in [-0.39, 0.29) is 0 Å². The van der Waals surface area contributed by atoms with Gasteiger partial charge in [0.05, 0.1) is 25.8 Å².